The normalized spacial score (nSPS) is 16.0. The van der Waals surface area contributed by atoms with Crippen LogP contribution in [-0.4, -0.2) is 43.7 Å². The number of nitrogens with zero attached hydrogens (tertiary/aromatic N) is 5. The molecule has 124 valence electrons. The molecule has 1 aliphatic rings. The third kappa shape index (κ3) is 2.91. The van der Waals surface area contributed by atoms with Crippen LogP contribution < -0.4 is 0 Å². The van der Waals surface area contributed by atoms with Crippen LogP contribution in [0.2, 0.25) is 0 Å². The molecular weight excluding hydrogens is 322 g/mol. The molecule has 3 aromatic rings. The van der Waals surface area contributed by atoms with Gasteiger partial charge in [0.2, 0.25) is 10.9 Å². The van der Waals surface area contributed by atoms with E-state index in [2.05, 4.69) is 15.3 Å². The fourth-order valence-corrected chi connectivity index (χ4v) is 4.21. The van der Waals surface area contributed by atoms with Crippen LogP contribution in [0.4, 0.5) is 0 Å². The second-order valence-electron chi connectivity index (χ2n) is 6.20. The lowest BCUT2D eigenvalue weighted by Crippen LogP contribution is -2.38. The van der Waals surface area contributed by atoms with Gasteiger partial charge in [-0.3, -0.25) is 4.79 Å². The van der Waals surface area contributed by atoms with Gasteiger partial charge < -0.3 is 4.90 Å². The van der Waals surface area contributed by atoms with Gasteiger partial charge in [-0.25, -0.2) is 0 Å². The topological polar surface area (TPSA) is 63.4 Å². The zero-order chi connectivity index (χ0) is 16.5. The van der Waals surface area contributed by atoms with Crippen molar-refractivity contribution in [1.82, 2.24) is 24.7 Å². The van der Waals surface area contributed by atoms with E-state index in [1.54, 1.807) is 11.3 Å². The Hall–Kier alpha value is -2.28. The minimum Gasteiger partial charge on any atom is -0.342 e. The average Bonchev–Trinajstić information content (AvgIpc) is 3.18. The third-order valence-corrected chi connectivity index (χ3v) is 5.62. The fraction of sp³-hybridized carbons (Fsp3) is 0.412. The first-order valence-electron chi connectivity index (χ1n) is 8.21. The lowest BCUT2D eigenvalue weighted by molar-refractivity contribution is -0.131. The molecule has 0 atom stereocenters. The van der Waals surface area contributed by atoms with Crippen molar-refractivity contribution in [1.29, 1.82) is 0 Å². The zero-order valence-corrected chi connectivity index (χ0v) is 14.4. The van der Waals surface area contributed by atoms with Gasteiger partial charge in [-0.1, -0.05) is 41.7 Å². The minimum atomic E-state index is 0.216. The number of carbonyl (C=O) groups is 1. The number of hydrogen-bond acceptors (Lipinski definition) is 5. The Morgan fingerprint density at radius 3 is 2.67 bits per heavy atom. The summed E-state index contributed by atoms with van der Waals surface area (Å²) in [6.45, 7) is 3.51. The van der Waals surface area contributed by atoms with Crippen molar-refractivity contribution in [3.8, 4) is 0 Å². The standard InChI is InChI=1S/C17H19N5OS/c1-12-18-19-17-22(12)20-16(24-17)14-7-9-21(10-8-14)15(23)11-13-5-3-2-4-6-13/h2-6,14H,7-11H2,1H3. The highest BCUT2D eigenvalue weighted by molar-refractivity contribution is 7.16. The van der Waals surface area contributed by atoms with Gasteiger partial charge in [-0.05, 0) is 25.3 Å². The Balaban J connectivity index is 1.38. The molecule has 1 saturated heterocycles. The molecule has 0 spiro atoms. The number of carbonyl (C=O) groups excluding carboxylic acids is 1. The lowest BCUT2D eigenvalue weighted by atomic mass is 9.97. The molecule has 7 heteroatoms. The molecule has 0 saturated carbocycles. The molecular formula is C17H19N5OS. The summed E-state index contributed by atoms with van der Waals surface area (Å²) in [5.74, 6) is 1.45. The van der Waals surface area contributed by atoms with Crippen LogP contribution in [0.15, 0.2) is 30.3 Å². The smallest absolute Gasteiger partial charge is 0.234 e. The average molecular weight is 341 g/mol. The highest BCUT2D eigenvalue weighted by Gasteiger charge is 2.26. The summed E-state index contributed by atoms with van der Waals surface area (Å²) >= 11 is 1.61. The van der Waals surface area contributed by atoms with Gasteiger partial charge in [-0.15, -0.1) is 10.2 Å². The lowest BCUT2D eigenvalue weighted by Gasteiger charge is -2.31. The molecule has 0 bridgehead atoms. The molecule has 1 aromatic carbocycles. The number of hydrogen-bond donors (Lipinski definition) is 0. The molecule has 0 radical (unpaired) electrons. The SMILES string of the molecule is Cc1nnc2sc(C3CCN(C(=O)Cc4ccccc4)CC3)nn12. The van der Waals surface area contributed by atoms with Gasteiger partial charge in [0.15, 0.2) is 5.82 Å². The zero-order valence-electron chi connectivity index (χ0n) is 13.6. The van der Waals surface area contributed by atoms with E-state index in [4.69, 9.17) is 0 Å². The number of fused-ring (bicyclic) bond motifs is 1. The molecule has 3 heterocycles. The third-order valence-electron chi connectivity index (χ3n) is 4.56. The van der Waals surface area contributed by atoms with E-state index in [1.807, 2.05) is 46.7 Å². The maximum absolute atomic E-state index is 12.4. The van der Waals surface area contributed by atoms with E-state index in [0.29, 0.717) is 12.3 Å². The Labute approximate surface area is 144 Å². The summed E-state index contributed by atoms with van der Waals surface area (Å²) in [6, 6.07) is 9.94. The number of amides is 1. The van der Waals surface area contributed by atoms with Crippen molar-refractivity contribution < 1.29 is 4.79 Å². The maximum atomic E-state index is 12.4. The minimum absolute atomic E-state index is 0.216. The Kier molecular flexibility index (Phi) is 4.02. The van der Waals surface area contributed by atoms with Crippen molar-refractivity contribution in [2.24, 2.45) is 0 Å². The second-order valence-corrected chi connectivity index (χ2v) is 7.19. The van der Waals surface area contributed by atoms with Gasteiger partial charge >= 0.3 is 0 Å². The van der Waals surface area contributed by atoms with E-state index in [-0.39, 0.29) is 5.91 Å². The summed E-state index contributed by atoms with van der Waals surface area (Å²) in [6.07, 6.45) is 2.41. The van der Waals surface area contributed by atoms with Crippen molar-refractivity contribution in [3.63, 3.8) is 0 Å². The first kappa shape index (κ1) is 15.3. The fourth-order valence-electron chi connectivity index (χ4n) is 3.15. The van der Waals surface area contributed by atoms with Gasteiger partial charge in [0.1, 0.15) is 5.01 Å². The number of piperidine rings is 1. The number of benzene rings is 1. The van der Waals surface area contributed by atoms with Crippen LogP contribution in [0, 0.1) is 6.92 Å². The van der Waals surface area contributed by atoms with E-state index in [9.17, 15) is 4.79 Å². The highest BCUT2D eigenvalue weighted by atomic mass is 32.1. The number of likely N-dealkylation sites (tertiary alicyclic amines) is 1. The largest absolute Gasteiger partial charge is 0.342 e. The molecule has 6 nitrogen and oxygen atoms in total. The summed E-state index contributed by atoms with van der Waals surface area (Å²) in [5.41, 5.74) is 1.08. The molecule has 0 aliphatic carbocycles. The monoisotopic (exact) mass is 341 g/mol. The van der Waals surface area contributed by atoms with Gasteiger partial charge in [-0.2, -0.15) is 9.61 Å². The summed E-state index contributed by atoms with van der Waals surface area (Å²) in [5, 5.41) is 13.9. The number of aryl methyl sites for hydroxylation is 1. The maximum Gasteiger partial charge on any atom is 0.234 e. The van der Waals surface area contributed by atoms with Crippen molar-refractivity contribution >= 4 is 22.2 Å². The number of rotatable bonds is 3. The first-order chi connectivity index (χ1) is 11.7. The van der Waals surface area contributed by atoms with E-state index in [0.717, 1.165) is 47.3 Å². The van der Waals surface area contributed by atoms with Crippen LogP contribution >= 0.6 is 11.3 Å². The van der Waals surface area contributed by atoms with Crippen LogP contribution in [0.3, 0.4) is 0 Å². The van der Waals surface area contributed by atoms with Crippen LogP contribution in [0.25, 0.3) is 4.96 Å². The quantitative estimate of drug-likeness (QED) is 0.734. The Morgan fingerprint density at radius 2 is 1.96 bits per heavy atom. The molecule has 0 N–H and O–H groups in total. The predicted molar refractivity (Wildman–Crippen MR) is 92.1 cm³/mol. The number of aromatic nitrogens is 4. The van der Waals surface area contributed by atoms with Gasteiger partial charge in [0, 0.05) is 19.0 Å². The van der Waals surface area contributed by atoms with E-state index < -0.39 is 0 Å². The van der Waals surface area contributed by atoms with E-state index in [1.165, 1.54) is 0 Å². The predicted octanol–water partition coefficient (Wildman–Crippen LogP) is 2.44. The van der Waals surface area contributed by atoms with Crippen LogP contribution in [-0.2, 0) is 11.2 Å². The van der Waals surface area contributed by atoms with Crippen molar-refractivity contribution in [2.75, 3.05) is 13.1 Å². The molecule has 1 aliphatic heterocycles. The summed E-state index contributed by atoms with van der Waals surface area (Å²) in [7, 11) is 0. The van der Waals surface area contributed by atoms with Crippen LogP contribution in [0.5, 0.6) is 0 Å². The first-order valence-corrected chi connectivity index (χ1v) is 9.03. The van der Waals surface area contributed by atoms with Crippen molar-refractivity contribution in [3.05, 3.63) is 46.7 Å². The van der Waals surface area contributed by atoms with Gasteiger partial charge in [0.05, 0.1) is 6.42 Å². The highest BCUT2D eigenvalue weighted by Crippen LogP contribution is 2.31. The molecule has 2 aromatic heterocycles. The van der Waals surface area contributed by atoms with Crippen LogP contribution in [0.1, 0.15) is 35.2 Å². The van der Waals surface area contributed by atoms with E-state index >= 15 is 0 Å². The Morgan fingerprint density at radius 1 is 1.21 bits per heavy atom. The molecule has 4 rings (SSSR count). The molecule has 1 amide bonds. The molecule has 24 heavy (non-hydrogen) atoms. The second kappa shape index (κ2) is 6.32. The van der Waals surface area contributed by atoms with Crippen molar-refractivity contribution in [2.45, 2.75) is 32.1 Å². The summed E-state index contributed by atoms with van der Waals surface area (Å²) < 4.78 is 1.81. The molecule has 0 unspecified atom stereocenters. The van der Waals surface area contributed by atoms with Gasteiger partial charge in [0.25, 0.3) is 0 Å². The Bertz CT molecular complexity index is 848. The summed E-state index contributed by atoms with van der Waals surface area (Å²) in [4.78, 5) is 15.3. The molecule has 1 fully saturated rings.